The molecule has 0 amide bonds. The lowest BCUT2D eigenvalue weighted by Gasteiger charge is -2.14. The zero-order chi connectivity index (χ0) is 20.9. The fraction of sp³-hybridized carbons (Fsp3) is 0.158. The van der Waals surface area contributed by atoms with E-state index in [1.54, 1.807) is 18.2 Å². The van der Waals surface area contributed by atoms with Crippen LogP contribution in [0.3, 0.4) is 0 Å². The highest BCUT2D eigenvalue weighted by Crippen LogP contribution is 2.25. The molecule has 0 aliphatic carbocycles. The number of hydrogen-bond acceptors (Lipinski definition) is 6. The van der Waals surface area contributed by atoms with E-state index < -0.39 is 15.8 Å². The molecule has 0 radical (unpaired) electrons. The first-order chi connectivity index (χ1) is 13.1. The molecule has 0 heterocycles. The highest BCUT2D eigenvalue weighted by molar-refractivity contribution is 7.90. The van der Waals surface area contributed by atoms with E-state index in [0.717, 1.165) is 17.9 Å². The maximum absolute atomic E-state index is 11.9. The number of ether oxygens (including phenoxy) is 1. The van der Waals surface area contributed by atoms with Gasteiger partial charge in [-0.25, -0.2) is 13.2 Å². The SMILES string of the molecule is COC(=O)/C=C/C(=N)c1ccc(S(C)(=O)=O)cc1NCc1ccc(Cl)cc1Cl. The molecule has 9 heteroatoms. The summed E-state index contributed by atoms with van der Waals surface area (Å²) in [7, 11) is -2.20. The molecule has 2 N–H and O–H groups in total. The molecule has 0 fully saturated rings. The van der Waals surface area contributed by atoms with E-state index in [0.29, 0.717) is 21.3 Å². The van der Waals surface area contributed by atoms with Crippen molar-refractivity contribution in [3.8, 4) is 0 Å². The zero-order valence-corrected chi connectivity index (χ0v) is 17.5. The zero-order valence-electron chi connectivity index (χ0n) is 15.1. The monoisotopic (exact) mass is 440 g/mol. The predicted molar refractivity (Wildman–Crippen MR) is 111 cm³/mol. The number of sulfone groups is 1. The van der Waals surface area contributed by atoms with Gasteiger partial charge in [0.25, 0.3) is 0 Å². The van der Waals surface area contributed by atoms with Crippen molar-refractivity contribution < 1.29 is 17.9 Å². The van der Waals surface area contributed by atoms with Crippen LogP contribution in [0.4, 0.5) is 5.69 Å². The smallest absolute Gasteiger partial charge is 0.330 e. The fourth-order valence-electron chi connectivity index (χ4n) is 2.30. The van der Waals surface area contributed by atoms with Gasteiger partial charge in [0.1, 0.15) is 0 Å². The molecule has 0 spiro atoms. The molecule has 0 unspecified atom stereocenters. The number of rotatable bonds is 7. The van der Waals surface area contributed by atoms with Crippen LogP contribution in [0.1, 0.15) is 11.1 Å². The van der Waals surface area contributed by atoms with Gasteiger partial charge >= 0.3 is 5.97 Å². The van der Waals surface area contributed by atoms with Crippen molar-refractivity contribution >= 4 is 50.4 Å². The summed E-state index contributed by atoms with van der Waals surface area (Å²) >= 11 is 12.1. The van der Waals surface area contributed by atoms with Crippen LogP contribution in [0.5, 0.6) is 0 Å². The largest absolute Gasteiger partial charge is 0.466 e. The summed E-state index contributed by atoms with van der Waals surface area (Å²) in [6, 6.07) is 9.40. The standard InChI is InChI=1S/C19H18Cl2N2O4S/c1-27-19(24)8-7-17(22)15-6-5-14(28(2,25)26)10-18(15)23-11-12-3-4-13(20)9-16(12)21/h3-10,22-23H,11H2,1-2H3/b8-7+,22-17?. The predicted octanol–water partition coefficient (Wildman–Crippen LogP) is 4.11. The van der Waals surface area contributed by atoms with Crippen molar-refractivity contribution in [3.05, 3.63) is 69.7 Å². The second-order valence-corrected chi connectivity index (χ2v) is 8.70. The van der Waals surface area contributed by atoms with Crippen molar-refractivity contribution in [2.75, 3.05) is 18.7 Å². The van der Waals surface area contributed by atoms with Gasteiger partial charge in [0.15, 0.2) is 9.84 Å². The Morgan fingerprint density at radius 1 is 1.18 bits per heavy atom. The summed E-state index contributed by atoms with van der Waals surface area (Å²) in [4.78, 5) is 11.4. The normalized spacial score (nSPS) is 11.4. The second kappa shape index (κ2) is 9.23. The average Bonchev–Trinajstić information content (AvgIpc) is 2.64. The van der Waals surface area contributed by atoms with Gasteiger partial charge < -0.3 is 15.5 Å². The van der Waals surface area contributed by atoms with Crippen LogP contribution in [-0.4, -0.2) is 33.5 Å². The Bertz CT molecular complexity index is 1050. The molecule has 6 nitrogen and oxygen atoms in total. The number of benzene rings is 2. The molecule has 0 aliphatic heterocycles. The molecule has 0 bridgehead atoms. The third kappa shape index (κ3) is 5.82. The second-order valence-electron chi connectivity index (χ2n) is 5.84. The first-order valence-electron chi connectivity index (χ1n) is 7.98. The van der Waals surface area contributed by atoms with Gasteiger partial charge in [-0.05, 0) is 42.0 Å². The summed E-state index contributed by atoms with van der Waals surface area (Å²) in [5.74, 6) is -0.597. The summed E-state index contributed by atoms with van der Waals surface area (Å²) in [5.41, 5.74) is 1.58. The molecular weight excluding hydrogens is 423 g/mol. The van der Waals surface area contributed by atoms with Gasteiger partial charge in [0.05, 0.1) is 17.7 Å². The summed E-state index contributed by atoms with van der Waals surface area (Å²) < 4.78 is 28.3. The quantitative estimate of drug-likeness (QED) is 0.383. The van der Waals surface area contributed by atoms with E-state index in [9.17, 15) is 13.2 Å². The molecule has 0 atom stereocenters. The molecule has 0 saturated heterocycles. The minimum atomic E-state index is -3.44. The first-order valence-corrected chi connectivity index (χ1v) is 10.6. The minimum absolute atomic E-state index is 0.00940. The third-order valence-electron chi connectivity index (χ3n) is 3.78. The van der Waals surface area contributed by atoms with Crippen molar-refractivity contribution in [2.45, 2.75) is 11.4 Å². The summed E-state index contributed by atoms with van der Waals surface area (Å²) in [6.45, 7) is 0.282. The van der Waals surface area contributed by atoms with Crippen LogP contribution in [0.15, 0.2) is 53.4 Å². The molecule has 2 aromatic rings. The van der Waals surface area contributed by atoms with Crippen LogP contribution in [-0.2, 0) is 25.9 Å². The van der Waals surface area contributed by atoms with Crippen molar-refractivity contribution in [1.29, 1.82) is 5.41 Å². The fourth-order valence-corrected chi connectivity index (χ4v) is 3.42. The molecule has 28 heavy (non-hydrogen) atoms. The van der Waals surface area contributed by atoms with Crippen LogP contribution >= 0.6 is 23.2 Å². The van der Waals surface area contributed by atoms with E-state index in [1.165, 1.54) is 31.4 Å². The van der Waals surface area contributed by atoms with E-state index in [2.05, 4.69) is 10.1 Å². The maximum atomic E-state index is 11.9. The molecule has 2 aromatic carbocycles. The highest BCUT2D eigenvalue weighted by atomic mass is 35.5. The number of hydrogen-bond donors (Lipinski definition) is 2. The average molecular weight is 441 g/mol. The molecule has 2 rings (SSSR count). The topological polar surface area (TPSA) is 96.3 Å². The Hall–Kier alpha value is -2.35. The van der Waals surface area contributed by atoms with E-state index in [4.69, 9.17) is 28.6 Å². The number of allylic oxidation sites excluding steroid dienone is 1. The lowest BCUT2D eigenvalue weighted by atomic mass is 10.1. The summed E-state index contributed by atoms with van der Waals surface area (Å²) in [6.07, 6.45) is 3.50. The highest BCUT2D eigenvalue weighted by Gasteiger charge is 2.14. The van der Waals surface area contributed by atoms with Gasteiger partial charge in [-0.15, -0.1) is 0 Å². The Balaban J connectivity index is 2.38. The molecule has 148 valence electrons. The van der Waals surface area contributed by atoms with Crippen molar-refractivity contribution in [1.82, 2.24) is 0 Å². The van der Waals surface area contributed by atoms with Gasteiger partial charge in [-0.3, -0.25) is 0 Å². The van der Waals surface area contributed by atoms with E-state index >= 15 is 0 Å². The first kappa shape index (κ1) is 21.9. The third-order valence-corrected chi connectivity index (χ3v) is 5.48. The van der Waals surface area contributed by atoms with Gasteiger partial charge in [-0.2, -0.15) is 0 Å². The Morgan fingerprint density at radius 2 is 1.89 bits per heavy atom. The van der Waals surface area contributed by atoms with E-state index in [-0.39, 0.29) is 17.2 Å². The number of anilines is 1. The van der Waals surface area contributed by atoms with Crippen LogP contribution < -0.4 is 5.32 Å². The van der Waals surface area contributed by atoms with E-state index in [1.807, 2.05) is 0 Å². The van der Waals surface area contributed by atoms with Crippen molar-refractivity contribution in [2.24, 2.45) is 0 Å². The van der Waals surface area contributed by atoms with Crippen LogP contribution in [0.2, 0.25) is 10.0 Å². The lowest BCUT2D eigenvalue weighted by Crippen LogP contribution is -2.08. The lowest BCUT2D eigenvalue weighted by molar-refractivity contribution is -0.134. The van der Waals surface area contributed by atoms with Gasteiger partial charge in [-0.1, -0.05) is 29.3 Å². The number of methoxy groups -OCH3 is 1. The van der Waals surface area contributed by atoms with Crippen LogP contribution in [0, 0.1) is 5.41 Å². The number of esters is 1. The molecule has 0 saturated carbocycles. The number of nitrogens with one attached hydrogen (secondary N) is 2. The minimum Gasteiger partial charge on any atom is -0.466 e. The van der Waals surface area contributed by atoms with Gasteiger partial charge in [0.2, 0.25) is 0 Å². The summed E-state index contributed by atoms with van der Waals surface area (Å²) in [5, 5.41) is 12.3. The van der Waals surface area contributed by atoms with Crippen molar-refractivity contribution in [3.63, 3.8) is 0 Å². The van der Waals surface area contributed by atoms with Crippen LogP contribution in [0.25, 0.3) is 0 Å². The number of carbonyl (C=O) groups excluding carboxylic acids is 1. The molecular formula is C19H18Cl2N2O4S. The molecule has 0 aromatic heterocycles. The van der Waals surface area contributed by atoms with Gasteiger partial charge in [0, 0.05) is 40.2 Å². The number of halogens is 2. The Morgan fingerprint density at radius 3 is 2.50 bits per heavy atom. The Kier molecular flexibility index (Phi) is 7.23. The molecule has 0 aliphatic rings. The number of carbonyl (C=O) groups is 1. The Labute approximate surface area is 173 Å². The maximum Gasteiger partial charge on any atom is 0.330 e.